The number of halogens is 2. The Morgan fingerprint density at radius 3 is 2.25 bits per heavy atom. The van der Waals surface area contributed by atoms with Gasteiger partial charge in [-0.25, -0.2) is 13.4 Å². The maximum atomic E-state index is 13.3. The Bertz CT molecular complexity index is 954. The van der Waals surface area contributed by atoms with E-state index in [4.69, 9.17) is 23.2 Å². The van der Waals surface area contributed by atoms with Crippen LogP contribution in [0.25, 0.3) is 0 Å². The van der Waals surface area contributed by atoms with Crippen molar-refractivity contribution in [1.82, 2.24) is 13.9 Å². The molecular formula is C19H24Cl2N4O2S. The van der Waals surface area contributed by atoms with Crippen LogP contribution in [0, 0.1) is 10.8 Å². The number of nitrogens with one attached hydrogen (secondary N) is 1. The molecule has 28 heavy (non-hydrogen) atoms. The van der Waals surface area contributed by atoms with E-state index in [0.29, 0.717) is 25.3 Å². The Morgan fingerprint density at radius 1 is 1.14 bits per heavy atom. The van der Waals surface area contributed by atoms with Crippen LogP contribution in [0.2, 0.25) is 10.0 Å². The number of anilines is 1. The number of sulfonamides is 1. The molecule has 0 bridgehead atoms. The average Bonchev–Trinajstić information content (AvgIpc) is 3.17. The average molecular weight is 443 g/mol. The molecule has 0 radical (unpaired) electrons. The Balaban J connectivity index is 1.53. The van der Waals surface area contributed by atoms with Crippen LogP contribution in [0.1, 0.15) is 26.7 Å². The SMILES string of the molecule is C[C@@]12CC[C@]1(C)CN(S(=O)(=O)c1c(Cl)cc(NCCn3ccnc3)cc1Cl)C2. The highest BCUT2D eigenvalue weighted by Crippen LogP contribution is 2.61. The standard InChI is InChI=1S/C19H24Cl2N4O2S/c1-18-3-4-19(18,2)12-25(11-18)28(26,27)17-15(20)9-14(10-16(17)21)23-6-8-24-7-5-22-13-24/h5,7,9-10,13,23H,3-4,6,8,11-12H2,1-2H3/t18-,19+. The summed E-state index contributed by atoms with van der Waals surface area (Å²) in [6.45, 7) is 6.73. The highest BCUT2D eigenvalue weighted by Gasteiger charge is 2.60. The molecule has 2 heterocycles. The molecule has 2 fully saturated rings. The predicted molar refractivity (Wildman–Crippen MR) is 111 cm³/mol. The van der Waals surface area contributed by atoms with E-state index in [9.17, 15) is 8.42 Å². The molecule has 1 aromatic carbocycles. The minimum Gasteiger partial charge on any atom is -0.383 e. The molecule has 6 nitrogen and oxygen atoms in total. The fraction of sp³-hybridized carbons (Fsp3) is 0.526. The highest BCUT2D eigenvalue weighted by atomic mass is 35.5. The van der Waals surface area contributed by atoms with E-state index >= 15 is 0 Å². The van der Waals surface area contributed by atoms with Gasteiger partial charge in [-0.3, -0.25) is 0 Å². The summed E-state index contributed by atoms with van der Waals surface area (Å²) in [5.41, 5.74) is 0.760. The van der Waals surface area contributed by atoms with Gasteiger partial charge in [0, 0.05) is 44.3 Å². The summed E-state index contributed by atoms with van der Waals surface area (Å²) >= 11 is 12.8. The summed E-state index contributed by atoms with van der Waals surface area (Å²) in [6.07, 6.45) is 7.44. The van der Waals surface area contributed by atoms with Gasteiger partial charge in [0.2, 0.25) is 10.0 Å². The van der Waals surface area contributed by atoms with Gasteiger partial charge in [0.05, 0.1) is 16.4 Å². The smallest absolute Gasteiger partial charge is 0.246 e. The van der Waals surface area contributed by atoms with Crippen LogP contribution in [0.4, 0.5) is 5.69 Å². The molecular weight excluding hydrogens is 419 g/mol. The maximum Gasteiger partial charge on any atom is 0.246 e. The van der Waals surface area contributed by atoms with Gasteiger partial charge < -0.3 is 9.88 Å². The fourth-order valence-electron chi connectivity index (χ4n) is 4.31. The van der Waals surface area contributed by atoms with Crippen molar-refractivity contribution in [2.45, 2.75) is 38.1 Å². The van der Waals surface area contributed by atoms with E-state index in [1.165, 1.54) is 0 Å². The van der Waals surface area contributed by atoms with Crippen molar-refractivity contribution in [3.05, 3.63) is 40.9 Å². The summed E-state index contributed by atoms with van der Waals surface area (Å²) < 4.78 is 30.1. The van der Waals surface area contributed by atoms with Crippen LogP contribution in [-0.4, -0.2) is 41.9 Å². The van der Waals surface area contributed by atoms with Crippen LogP contribution in [0.15, 0.2) is 35.7 Å². The van der Waals surface area contributed by atoms with Crippen molar-refractivity contribution >= 4 is 38.9 Å². The van der Waals surface area contributed by atoms with Crippen LogP contribution in [0.5, 0.6) is 0 Å². The molecule has 1 saturated heterocycles. The molecule has 0 amide bonds. The zero-order valence-corrected chi connectivity index (χ0v) is 18.3. The Labute approximate surface area is 175 Å². The first-order valence-corrected chi connectivity index (χ1v) is 11.5. The second-order valence-corrected chi connectivity index (χ2v) is 11.1. The van der Waals surface area contributed by atoms with Gasteiger partial charge in [-0.2, -0.15) is 4.31 Å². The van der Waals surface area contributed by atoms with Gasteiger partial charge in [-0.1, -0.05) is 37.0 Å². The van der Waals surface area contributed by atoms with Gasteiger partial charge in [0.1, 0.15) is 4.90 Å². The number of hydrogen-bond acceptors (Lipinski definition) is 4. The van der Waals surface area contributed by atoms with Crippen LogP contribution in [0.3, 0.4) is 0 Å². The van der Waals surface area contributed by atoms with Gasteiger partial charge >= 0.3 is 0 Å². The van der Waals surface area contributed by atoms with E-state index in [2.05, 4.69) is 24.1 Å². The van der Waals surface area contributed by atoms with Gasteiger partial charge in [-0.15, -0.1) is 0 Å². The first-order valence-electron chi connectivity index (χ1n) is 9.34. The Morgan fingerprint density at radius 2 is 1.75 bits per heavy atom. The van der Waals surface area contributed by atoms with E-state index in [0.717, 1.165) is 19.4 Å². The lowest BCUT2D eigenvalue weighted by Crippen LogP contribution is -2.45. The quantitative estimate of drug-likeness (QED) is 0.730. The molecule has 0 unspecified atom stereocenters. The molecule has 1 aromatic heterocycles. The number of aromatic nitrogens is 2. The minimum atomic E-state index is -3.75. The second kappa shape index (κ2) is 6.90. The van der Waals surface area contributed by atoms with E-state index in [-0.39, 0.29) is 25.8 Å². The van der Waals surface area contributed by atoms with Crippen molar-refractivity contribution in [3.8, 4) is 0 Å². The van der Waals surface area contributed by atoms with E-state index < -0.39 is 10.0 Å². The lowest BCUT2D eigenvalue weighted by atomic mass is 9.53. The first-order chi connectivity index (χ1) is 13.1. The summed E-state index contributed by atoms with van der Waals surface area (Å²) in [4.78, 5) is 4.00. The largest absolute Gasteiger partial charge is 0.383 e. The van der Waals surface area contributed by atoms with Gasteiger partial charge in [-0.05, 0) is 35.8 Å². The van der Waals surface area contributed by atoms with Crippen molar-refractivity contribution in [3.63, 3.8) is 0 Å². The molecule has 1 aliphatic carbocycles. The lowest BCUT2D eigenvalue weighted by molar-refractivity contribution is 0.00430. The molecule has 1 aliphatic heterocycles. The third-order valence-corrected chi connectivity index (χ3v) is 9.30. The molecule has 2 aromatic rings. The zero-order valence-electron chi connectivity index (χ0n) is 16.0. The Hall–Kier alpha value is -1.28. The third kappa shape index (κ3) is 3.22. The number of imidazole rings is 1. The maximum absolute atomic E-state index is 13.3. The first kappa shape index (κ1) is 20.0. The molecule has 152 valence electrons. The van der Waals surface area contributed by atoms with Gasteiger partial charge in [0.15, 0.2) is 0 Å². The number of rotatable bonds is 6. The summed E-state index contributed by atoms with van der Waals surface area (Å²) in [5, 5.41) is 3.51. The lowest BCUT2D eigenvalue weighted by Gasteiger charge is -2.50. The highest BCUT2D eigenvalue weighted by molar-refractivity contribution is 7.89. The van der Waals surface area contributed by atoms with Crippen molar-refractivity contribution in [1.29, 1.82) is 0 Å². The minimum absolute atomic E-state index is 0.00416. The predicted octanol–water partition coefficient (Wildman–Crippen LogP) is 4.11. The van der Waals surface area contributed by atoms with E-state index in [1.807, 2.05) is 10.8 Å². The van der Waals surface area contributed by atoms with Gasteiger partial charge in [0.25, 0.3) is 0 Å². The second-order valence-electron chi connectivity index (χ2n) is 8.39. The molecule has 1 saturated carbocycles. The molecule has 9 heteroatoms. The van der Waals surface area contributed by atoms with Crippen molar-refractivity contribution in [2.75, 3.05) is 25.0 Å². The molecule has 1 N–H and O–H groups in total. The molecule has 2 aliphatic rings. The van der Waals surface area contributed by atoms with Crippen molar-refractivity contribution < 1.29 is 8.42 Å². The molecule has 2 atom stereocenters. The molecule has 4 rings (SSSR count). The topological polar surface area (TPSA) is 67.2 Å². The van der Waals surface area contributed by atoms with E-state index in [1.54, 1.807) is 29.0 Å². The third-order valence-electron chi connectivity index (χ3n) is 6.59. The summed E-state index contributed by atoms with van der Waals surface area (Å²) in [6, 6.07) is 3.25. The fourth-order valence-corrected chi connectivity index (χ4v) is 7.16. The zero-order chi connectivity index (χ0) is 20.2. The molecule has 0 spiro atoms. The number of hydrogen-bond donors (Lipinski definition) is 1. The van der Waals surface area contributed by atoms with Crippen molar-refractivity contribution in [2.24, 2.45) is 10.8 Å². The summed E-state index contributed by atoms with van der Waals surface area (Å²) in [5.74, 6) is 0. The number of fused-ring (bicyclic) bond motifs is 1. The van der Waals surface area contributed by atoms with Crippen LogP contribution in [-0.2, 0) is 16.6 Å². The van der Waals surface area contributed by atoms with Crippen LogP contribution < -0.4 is 5.32 Å². The Kier molecular flexibility index (Phi) is 4.93. The van der Waals surface area contributed by atoms with Crippen LogP contribution >= 0.6 is 23.2 Å². The summed E-state index contributed by atoms with van der Waals surface area (Å²) in [7, 11) is -3.75. The number of benzene rings is 1. The number of nitrogens with zero attached hydrogens (tertiary/aromatic N) is 3. The monoisotopic (exact) mass is 442 g/mol. The normalized spacial score (nSPS) is 27.4.